The van der Waals surface area contributed by atoms with Gasteiger partial charge in [-0.2, -0.15) is 4.31 Å². The van der Waals surface area contributed by atoms with E-state index in [1.54, 1.807) is 27.0 Å². The molecule has 0 saturated heterocycles. The van der Waals surface area contributed by atoms with Gasteiger partial charge in [-0.3, -0.25) is 4.79 Å². The molecule has 2 aromatic carbocycles. The summed E-state index contributed by atoms with van der Waals surface area (Å²) in [5, 5.41) is 0. The van der Waals surface area contributed by atoms with E-state index in [0.29, 0.717) is 41.2 Å². The first-order valence-corrected chi connectivity index (χ1v) is 11.4. The first kappa shape index (κ1) is 21.6. The number of halogens is 1. The molecule has 0 bridgehead atoms. The maximum absolute atomic E-state index is 13.0. The molecule has 2 aromatic rings. The summed E-state index contributed by atoms with van der Waals surface area (Å²) < 4.78 is 38.2. The Bertz CT molecular complexity index is 1020. The fraction of sp³-hybridized carbons (Fsp3) is 0.350. The second kappa shape index (κ2) is 8.73. The fourth-order valence-electron chi connectivity index (χ4n) is 3.13. The third-order valence-electron chi connectivity index (χ3n) is 4.71. The lowest BCUT2D eigenvalue weighted by molar-refractivity contribution is 0.0783. The van der Waals surface area contributed by atoms with Crippen LogP contribution in [0, 0.1) is 0 Å². The van der Waals surface area contributed by atoms with E-state index in [9.17, 15) is 13.2 Å². The Balaban J connectivity index is 1.84. The first-order chi connectivity index (χ1) is 13.8. The lowest BCUT2D eigenvalue weighted by Crippen LogP contribution is -2.31. The van der Waals surface area contributed by atoms with Crippen LogP contribution in [0.2, 0.25) is 0 Å². The molecule has 0 radical (unpaired) electrons. The number of amides is 1. The van der Waals surface area contributed by atoms with Gasteiger partial charge < -0.3 is 14.4 Å². The molecule has 9 heteroatoms. The number of ether oxygens (including phenoxy) is 2. The molecule has 1 amide bonds. The highest BCUT2D eigenvalue weighted by molar-refractivity contribution is 9.10. The van der Waals surface area contributed by atoms with Crippen molar-refractivity contribution in [3.63, 3.8) is 0 Å². The molecule has 0 unspecified atom stereocenters. The maximum atomic E-state index is 13.0. The lowest BCUT2D eigenvalue weighted by Gasteiger charge is -2.21. The van der Waals surface area contributed by atoms with Crippen LogP contribution < -0.4 is 9.47 Å². The van der Waals surface area contributed by atoms with Crippen molar-refractivity contribution >= 4 is 31.9 Å². The van der Waals surface area contributed by atoms with E-state index in [1.165, 1.54) is 21.3 Å². The third kappa shape index (κ3) is 4.41. The molecule has 1 aliphatic heterocycles. The second-order valence-electron chi connectivity index (χ2n) is 6.58. The number of benzene rings is 2. The van der Waals surface area contributed by atoms with Crippen LogP contribution >= 0.6 is 15.9 Å². The molecule has 29 heavy (non-hydrogen) atoms. The van der Waals surface area contributed by atoms with Crippen molar-refractivity contribution in [3.8, 4) is 11.5 Å². The molecule has 0 saturated carbocycles. The van der Waals surface area contributed by atoms with Crippen LogP contribution in [-0.4, -0.2) is 50.5 Å². The van der Waals surface area contributed by atoms with Crippen molar-refractivity contribution in [3.05, 3.63) is 52.0 Å². The van der Waals surface area contributed by atoms with Gasteiger partial charge in [0.15, 0.2) is 11.5 Å². The summed E-state index contributed by atoms with van der Waals surface area (Å²) in [7, 11) is -1.98. The standard InChI is InChI=1S/C20H23BrN2O5S/c1-4-23(5-2)29(25,26)15-7-8-17(21)16(11-15)20(24)22(3)12-14-6-9-18-19(10-14)28-13-27-18/h6-11H,4-5,12-13H2,1-3H3. The van der Waals surface area contributed by atoms with Crippen LogP contribution in [0.3, 0.4) is 0 Å². The highest BCUT2D eigenvalue weighted by atomic mass is 79.9. The van der Waals surface area contributed by atoms with Crippen LogP contribution in [0.15, 0.2) is 45.8 Å². The van der Waals surface area contributed by atoms with Gasteiger partial charge in [0, 0.05) is 31.2 Å². The zero-order chi connectivity index (χ0) is 21.2. The minimum Gasteiger partial charge on any atom is -0.454 e. The average Bonchev–Trinajstić information content (AvgIpc) is 3.16. The van der Waals surface area contributed by atoms with Crippen molar-refractivity contribution in [2.75, 3.05) is 26.9 Å². The summed E-state index contributed by atoms with van der Waals surface area (Å²) in [6.45, 7) is 4.82. The molecule has 0 spiro atoms. The summed E-state index contributed by atoms with van der Waals surface area (Å²) in [6.07, 6.45) is 0. The number of rotatable bonds is 7. The number of fused-ring (bicyclic) bond motifs is 1. The monoisotopic (exact) mass is 482 g/mol. The Morgan fingerprint density at radius 3 is 2.45 bits per heavy atom. The zero-order valence-corrected chi connectivity index (χ0v) is 18.9. The largest absolute Gasteiger partial charge is 0.454 e. The van der Waals surface area contributed by atoms with Gasteiger partial charge in [-0.1, -0.05) is 19.9 Å². The summed E-state index contributed by atoms with van der Waals surface area (Å²) in [4.78, 5) is 14.7. The SMILES string of the molecule is CCN(CC)S(=O)(=O)c1ccc(Br)c(C(=O)N(C)Cc2ccc3c(c2)OCO3)c1. The van der Waals surface area contributed by atoms with Gasteiger partial charge in [0.05, 0.1) is 10.5 Å². The Labute approximate surface area is 179 Å². The minimum atomic E-state index is -3.65. The molecule has 0 aromatic heterocycles. The van der Waals surface area contributed by atoms with Gasteiger partial charge in [0.1, 0.15) is 0 Å². The van der Waals surface area contributed by atoms with Crippen molar-refractivity contribution < 1.29 is 22.7 Å². The molecule has 7 nitrogen and oxygen atoms in total. The van der Waals surface area contributed by atoms with E-state index in [1.807, 2.05) is 18.2 Å². The Kier molecular flexibility index (Phi) is 6.50. The molecule has 0 atom stereocenters. The van der Waals surface area contributed by atoms with Gasteiger partial charge in [-0.15, -0.1) is 0 Å². The predicted octanol–water partition coefficient (Wildman–Crippen LogP) is 3.48. The molecular formula is C20H23BrN2O5S. The van der Waals surface area contributed by atoms with E-state index in [-0.39, 0.29) is 17.6 Å². The van der Waals surface area contributed by atoms with Gasteiger partial charge in [-0.25, -0.2) is 8.42 Å². The van der Waals surface area contributed by atoms with Crippen LogP contribution in [0.1, 0.15) is 29.8 Å². The Morgan fingerprint density at radius 1 is 1.07 bits per heavy atom. The smallest absolute Gasteiger partial charge is 0.255 e. The minimum absolute atomic E-state index is 0.101. The van der Waals surface area contributed by atoms with Gasteiger partial charge in [0.2, 0.25) is 16.8 Å². The quantitative estimate of drug-likeness (QED) is 0.603. The number of carbonyl (C=O) groups is 1. The van der Waals surface area contributed by atoms with Gasteiger partial charge in [-0.05, 0) is 51.8 Å². The topological polar surface area (TPSA) is 76.2 Å². The van der Waals surface area contributed by atoms with Crippen LogP contribution in [0.25, 0.3) is 0 Å². The van der Waals surface area contributed by atoms with Crippen molar-refractivity contribution in [1.82, 2.24) is 9.21 Å². The van der Waals surface area contributed by atoms with Crippen LogP contribution in [0.4, 0.5) is 0 Å². The van der Waals surface area contributed by atoms with Crippen molar-refractivity contribution in [1.29, 1.82) is 0 Å². The summed E-state index contributed by atoms with van der Waals surface area (Å²) in [6, 6.07) is 10.0. The first-order valence-electron chi connectivity index (χ1n) is 9.21. The highest BCUT2D eigenvalue weighted by Crippen LogP contribution is 2.33. The van der Waals surface area contributed by atoms with Gasteiger partial charge >= 0.3 is 0 Å². The maximum Gasteiger partial charge on any atom is 0.255 e. The third-order valence-corrected chi connectivity index (χ3v) is 7.45. The lowest BCUT2D eigenvalue weighted by atomic mass is 10.1. The fourth-order valence-corrected chi connectivity index (χ4v) is 5.03. The number of nitrogens with zero attached hydrogens (tertiary/aromatic N) is 2. The van der Waals surface area contributed by atoms with E-state index >= 15 is 0 Å². The van der Waals surface area contributed by atoms with E-state index < -0.39 is 10.0 Å². The van der Waals surface area contributed by atoms with Gasteiger partial charge in [0.25, 0.3) is 5.91 Å². The number of carbonyl (C=O) groups excluding carboxylic acids is 1. The Morgan fingerprint density at radius 2 is 1.76 bits per heavy atom. The molecule has 0 N–H and O–H groups in total. The molecule has 1 aliphatic rings. The highest BCUT2D eigenvalue weighted by Gasteiger charge is 2.25. The van der Waals surface area contributed by atoms with Crippen molar-refractivity contribution in [2.45, 2.75) is 25.3 Å². The number of hydrogen-bond acceptors (Lipinski definition) is 5. The van der Waals surface area contributed by atoms with E-state index in [0.717, 1.165) is 5.56 Å². The summed E-state index contributed by atoms with van der Waals surface area (Å²) in [5.41, 5.74) is 1.18. The van der Waals surface area contributed by atoms with E-state index in [2.05, 4.69) is 15.9 Å². The molecular weight excluding hydrogens is 460 g/mol. The van der Waals surface area contributed by atoms with E-state index in [4.69, 9.17) is 9.47 Å². The summed E-state index contributed by atoms with van der Waals surface area (Å²) >= 11 is 3.37. The number of hydrogen-bond donors (Lipinski definition) is 0. The zero-order valence-electron chi connectivity index (χ0n) is 16.5. The molecule has 156 valence electrons. The molecule has 0 fully saturated rings. The second-order valence-corrected chi connectivity index (χ2v) is 9.37. The van der Waals surface area contributed by atoms with Crippen LogP contribution in [-0.2, 0) is 16.6 Å². The summed E-state index contributed by atoms with van der Waals surface area (Å²) in [5.74, 6) is 1.04. The molecule has 1 heterocycles. The number of sulfonamides is 1. The average molecular weight is 483 g/mol. The van der Waals surface area contributed by atoms with Crippen molar-refractivity contribution in [2.24, 2.45) is 0 Å². The Hall–Kier alpha value is -2.10. The molecule has 0 aliphatic carbocycles. The van der Waals surface area contributed by atoms with Crippen LogP contribution in [0.5, 0.6) is 11.5 Å². The normalized spacial score (nSPS) is 13.0. The predicted molar refractivity (Wildman–Crippen MR) is 113 cm³/mol. The molecule has 3 rings (SSSR count).